The SMILES string of the molecule is CC[C@H](C)[C@@H](NC(=O)c1ccccc1NC(=O)c1ccco1)C(=O)N1CCCCCC1. The van der Waals surface area contributed by atoms with Gasteiger partial charge in [-0.2, -0.15) is 0 Å². The molecule has 0 saturated carbocycles. The molecule has 2 heterocycles. The van der Waals surface area contributed by atoms with E-state index in [2.05, 4.69) is 10.6 Å². The van der Waals surface area contributed by atoms with Crippen LogP contribution in [0.1, 0.15) is 66.9 Å². The summed E-state index contributed by atoms with van der Waals surface area (Å²) in [5.41, 5.74) is 0.672. The number of likely N-dealkylation sites (tertiary alicyclic amines) is 1. The average molecular weight is 426 g/mol. The highest BCUT2D eigenvalue weighted by Gasteiger charge is 2.31. The monoisotopic (exact) mass is 425 g/mol. The van der Waals surface area contributed by atoms with E-state index in [-0.39, 0.29) is 23.5 Å². The van der Waals surface area contributed by atoms with Crippen molar-refractivity contribution in [2.75, 3.05) is 18.4 Å². The molecule has 1 aromatic carbocycles. The van der Waals surface area contributed by atoms with Crippen molar-refractivity contribution in [3.8, 4) is 0 Å². The predicted octanol–water partition coefficient (Wildman–Crippen LogP) is 4.08. The number of amides is 3. The van der Waals surface area contributed by atoms with Crippen molar-refractivity contribution in [1.82, 2.24) is 10.2 Å². The fourth-order valence-electron chi connectivity index (χ4n) is 3.77. The number of carbonyl (C=O) groups excluding carboxylic acids is 3. The first-order chi connectivity index (χ1) is 15.0. The van der Waals surface area contributed by atoms with E-state index in [4.69, 9.17) is 4.42 Å². The van der Waals surface area contributed by atoms with Crippen LogP contribution in [0.4, 0.5) is 5.69 Å². The zero-order valence-corrected chi connectivity index (χ0v) is 18.2. The topological polar surface area (TPSA) is 91.6 Å². The third kappa shape index (κ3) is 5.75. The second-order valence-electron chi connectivity index (χ2n) is 8.05. The number of nitrogens with zero attached hydrogens (tertiary/aromatic N) is 1. The number of carbonyl (C=O) groups is 3. The fourth-order valence-corrected chi connectivity index (χ4v) is 3.77. The van der Waals surface area contributed by atoms with E-state index in [0.717, 1.165) is 45.2 Å². The molecule has 2 N–H and O–H groups in total. The van der Waals surface area contributed by atoms with Crippen LogP contribution in [-0.2, 0) is 4.79 Å². The van der Waals surface area contributed by atoms with Gasteiger partial charge in [-0.15, -0.1) is 0 Å². The standard InChI is InChI=1S/C24H31N3O4/c1-3-17(2)21(24(30)27-14-8-4-5-9-15-27)26-22(28)18-11-6-7-12-19(18)25-23(29)20-13-10-16-31-20/h6-7,10-13,16-17,21H,3-5,8-9,14-15H2,1-2H3,(H,25,29)(H,26,28)/t17-,21+/m0/s1. The molecule has 2 aromatic rings. The zero-order valence-electron chi connectivity index (χ0n) is 18.2. The number of rotatable bonds is 7. The van der Waals surface area contributed by atoms with E-state index in [9.17, 15) is 14.4 Å². The highest BCUT2D eigenvalue weighted by atomic mass is 16.3. The molecule has 1 aliphatic heterocycles. The minimum atomic E-state index is -0.607. The highest BCUT2D eigenvalue weighted by Crippen LogP contribution is 2.20. The second kappa shape index (κ2) is 10.8. The van der Waals surface area contributed by atoms with Crippen LogP contribution in [0.25, 0.3) is 0 Å². The molecule has 0 bridgehead atoms. The van der Waals surface area contributed by atoms with E-state index < -0.39 is 11.9 Å². The predicted molar refractivity (Wildman–Crippen MR) is 119 cm³/mol. The number of anilines is 1. The van der Waals surface area contributed by atoms with Crippen molar-refractivity contribution in [3.63, 3.8) is 0 Å². The van der Waals surface area contributed by atoms with Gasteiger partial charge in [0, 0.05) is 13.1 Å². The Morgan fingerprint density at radius 1 is 1.00 bits per heavy atom. The maximum absolute atomic E-state index is 13.3. The summed E-state index contributed by atoms with van der Waals surface area (Å²) in [6.45, 7) is 5.46. The van der Waals surface area contributed by atoms with Crippen LogP contribution in [0.2, 0.25) is 0 Å². The molecule has 3 amide bonds. The van der Waals surface area contributed by atoms with Gasteiger partial charge in [0.15, 0.2) is 5.76 Å². The van der Waals surface area contributed by atoms with E-state index in [1.54, 1.807) is 36.4 Å². The van der Waals surface area contributed by atoms with Crippen molar-refractivity contribution in [3.05, 3.63) is 54.0 Å². The van der Waals surface area contributed by atoms with Gasteiger partial charge < -0.3 is 20.0 Å². The van der Waals surface area contributed by atoms with Crippen LogP contribution in [0, 0.1) is 5.92 Å². The fraction of sp³-hybridized carbons (Fsp3) is 0.458. The Kier molecular flexibility index (Phi) is 7.87. The number of benzene rings is 1. The molecule has 0 unspecified atom stereocenters. The molecule has 3 rings (SSSR count). The molecular formula is C24H31N3O4. The minimum absolute atomic E-state index is 0.00965. The van der Waals surface area contributed by atoms with Gasteiger partial charge in [-0.3, -0.25) is 14.4 Å². The lowest BCUT2D eigenvalue weighted by Gasteiger charge is -2.30. The molecule has 7 nitrogen and oxygen atoms in total. The Morgan fingerprint density at radius 3 is 2.35 bits per heavy atom. The Balaban J connectivity index is 1.77. The largest absolute Gasteiger partial charge is 0.459 e. The van der Waals surface area contributed by atoms with Crippen LogP contribution in [0.15, 0.2) is 47.1 Å². The Hall–Kier alpha value is -3.09. The van der Waals surface area contributed by atoms with E-state index >= 15 is 0 Å². The van der Waals surface area contributed by atoms with Crippen LogP contribution >= 0.6 is 0 Å². The summed E-state index contributed by atoms with van der Waals surface area (Å²) in [7, 11) is 0. The van der Waals surface area contributed by atoms with Gasteiger partial charge in [0.2, 0.25) is 5.91 Å². The smallest absolute Gasteiger partial charge is 0.291 e. The van der Waals surface area contributed by atoms with Crippen molar-refractivity contribution in [2.24, 2.45) is 5.92 Å². The lowest BCUT2D eigenvalue weighted by Crippen LogP contribution is -2.52. The molecule has 166 valence electrons. The quantitative estimate of drug-likeness (QED) is 0.699. The van der Waals surface area contributed by atoms with Crippen LogP contribution in [0.5, 0.6) is 0 Å². The van der Waals surface area contributed by atoms with E-state index in [0.29, 0.717) is 11.3 Å². The van der Waals surface area contributed by atoms with E-state index in [1.807, 2.05) is 18.7 Å². The number of hydrogen-bond acceptors (Lipinski definition) is 4. The molecule has 0 radical (unpaired) electrons. The number of furan rings is 1. The molecule has 31 heavy (non-hydrogen) atoms. The first-order valence-electron chi connectivity index (χ1n) is 11.0. The van der Waals surface area contributed by atoms with Crippen molar-refractivity contribution >= 4 is 23.4 Å². The summed E-state index contributed by atoms with van der Waals surface area (Å²) < 4.78 is 5.12. The number of hydrogen-bond donors (Lipinski definition) is 2. The third-order valence-electron chi connectivity index (χ3n) is 5.85. The van der Waals surface area contributed by atoms with E-state index in [1.165, 1.54) is 6.26 Å². The molecule has 1 aliphatic rings. The Morgan fingerprint density at radius 2 is 1.71 bits per heavy atom. The third-order valence-corrected chi connectivity index (χ3v) is 5.85. The highest BCUT2D eigenvalue weighted by molar-refractivity contribution is 6.08. The summed E-state index contributed by atoms with van der Waals surface area (Å²) in [5.74, 6) is -0.705. The van der Waals surface area contributed by atoms with Gasteiger partial charge in [0.1, 0.15) is 6.04 Å². The minimum Gasteiger partial charge on any atom is -0.459 e. The van der Waals surface area contributed by atoms with Crippen LogP contribution in [0.3, 0.4) is 0 Å². The van der Waals surface area contributed by atoms with Crippen molar-refractivity contribution < 1.29 is 18.8 Å². The molecular weight excluding hydrogens is 394 g/mol. The summed E-state index contributed by atoms with van der Waals surface area (Å²) in [6.07, 6.45) is 6.43. The molecule has 7 heteroatoms. The summed E-state index contributed by atoms with van der Waals surface area (Å²) >= 11 is 0. The lowest BCUT2D eigenvalue weighted by molar-refractivity contribution is -0.134. The van der Waals surface area contributed by atoms with Crippen LogP contribution < -0.4 is 10.6 Å². The summed E-state index contributed by atoms with van der Waals surface area (Å²) in [6, 6.07) is 9.33. The van der Waals surface area contributed by atoms with Gasteiger partial charge in [0.25, 0.3) is 11.8 Å². The molecule has 1 saturated heterocycles. The van der Waals surface area contributed by atoms with Gasteiger partial charge in [-0.25, -0.2) is 0 Å². The second-order valence-corrected chi connectivity index (χ2v) is 8.05. The lowest BCUT2D eigenvalue weighted by atomic mass is 9.97. The van der Waals surface area contributed by atoms with Gasteiger partial charge in [-0.05, 0) is 43.0 Å². The molecule has 2 atom stereocenters. The van der Waals surface area contributed by atoms with Gasteiger partial charge >= 0.3 is 0 Å². The molecule has 1 aromatic heterocycles. The first-order valence-corrected chi connectivity index (χ1v) is 11.0. The average Bonchev–Trinajstić information content (AvgIpc) is 3.19. The first kappa shape index (κ1) is 22.6. The van der Waals surface area contributed by atoms with Crippen LogP contribution in [-0.4, -0.2) is 41.8 Å². The number of para-hydroxylation sites is 1. The Labute approximate surface area is 183 Å². The van der Waals surface area contributed by atoms with Crippen molar-refractivity contribution in [1.29, 1.82) is 0 Å². The normalized spacial score (nSPS) is 16.1. The maximum atomic E-state index is 13.3. The van der Waals surface area contributed by atoms with Crippen molar-refractivity contribution in [2.45, 2.75) is 52.0 Å². The summed E-state index contributed by atoms with van der Waals surface area (Å²) in [4.78, 5) is 40.7. The zero-order chi connectivity index (χ0) is 22.2. The molecule has 0 spiro atoms. The maximum Gasteiger partial charge on any atom is 0.291 e. The number of nitrogens with one attached hydrogen (secondary N) is 2. The Bertz CT molecular complexity index is 886. The van der Waals surface area contributed by atoms with Gasteiger partial charge in [-0.1, -0.05) is 45.2 Å². The molecule has 0 aliphatic carbocycles. The molecule has 1 fully saturated rings. The summed E-state index contributed by atoms with van der Waals surface area (Å²) in [5, 5.41) is 5.67. The van der Waals surface area contributed by atoms with Gasteiger partial charge in [0.05, 0.1) is 17.5 Å².